The zero-order valence-electron chi connectivity index (χ0n) is 10.8. The van der Waals surface area contributed by atoms with Gasteiger partial charge in [-0.25, -0.2) is 0 Å². The van der Waals surface area contributed by atoms with Crippen molar-refractivity contribution in [3.8, 4) is 0 Å². The van der Waals surface area contributed by atoms with Crippen molar-refractivity contribution in [2.24, 2.45) is 17.8 Å². The number of fused-ring (bicyclic) bond motifs is 2. The highest BCUT2D eigenvalue weighted by Gasteiger charge is 2.41. The Bertz CT molecular complexity index is 243. The van der Waals surface area contributed by atoms with Crippen molar-refractivity contribution in [2.75, 3.05) is 19.6 Å². The minimum absolute atomic E-state index is 0.739. The summed E-state index contributed by atoms with van der Waals surface area (Å²) in [7, 11) is 0. The first-order valence-electron chi connectivity index (χ1n) is 7.20. The monoisotopic (exact) mass is 222 g/mol. The van der Waals surface area contributed by atoms with Crippen LogP contribution in [0.4, 0.5) is 0 Å². The van der Waals surface area contributed by atoms with Crippen molar-refractivity contribution in [1.82, 2.24) is 10.2 Å². The molecule has 0 radical (unpaired) electrons. The van der Waals surface area contributed by atoms with Gasteiger partial charge in [0.05, 0.1) is 0 Å². The lowest BCUT2D eigenvalue weighted by Gasteiger charge is -2.42. The van der Waals surface area contributed by atoms with E-state index >= 15 is 0 Å². The van der Waals surface area contributed by atoms with Crippen LogP contribution >= 0.6 is 0 Å². The number of hydrogen-bond donors (Lipinski definition) is 1. The zero-order chi connectivity index (χ0) is 11.1. The Morgan fingerprint density at radius 1 is 1.06 bits per heavy atom. The third-order valence-corrected chi connectivity index (χ3v) is 5.34. The molecule has 1 heterocycles. The average molecular weight is 222 g/mol. The maximum absolute atomic E-state index is 3.53. The van der Waals surface area contributed by atoms with Gasteiger partial charge in [-0.1, -0.05) is 6.42 Å². The van der Waals surface area contributed by atoms with Gasteiger partial charge in [0, 0.05) is 31.7 Å². The van der Waals surface area contributed by atoms with E-state index in [1.54, 1.807) is 6.42 Å². The van der Waals surface area contributed by atoms with E-state index < -0.39 is 0 Å². The molecule has 2 bridgehead atoms. The van der Waals surface area contributed by atoms with Crippen molar-refractivity contribution < 1.29 is 0 Å². The van der Waals surface area contributed by atoms with Gasteiger partial charge < -0.3 is 5.32 Å². The molecule has 2 heteroatoms. The fourth-order valence-corrected chi connectivity index (χ4v) is 4.40. The first-order valence-corrected chi connectivity index (χ1v) is 7.20. The van der Waals surface area contributed by atoms with Crippen LogP contribution in [0, 0.1) is 17.8 Å². The molecule has 3 aliphatic rings. The quantitative estimate of drug-likeness (QED) is 0.770. The maximum atomic E-state index is 3.53. The summed E-state index contributed by atoms with van der Waals surface area (Å²) < 4.78 is 0. The lowest BCUT2D eigenvalue weighted by molar-refractivity contribution is 0.0821. The Morgan fingerprint density at radius 2 is 1.81 bits per heavy atom. The van der Waals surface area contributed by atoms with Crippen LogP contribution in [-0.2, 0) is 0 Å². The smallest absolute Gasteiger partial charge is 0.0195 e. The summed E-state index contributed by atoms with van der Waals surface area (Å²) >= 11 is 0. The van der Waals surface area contributed by atoms with Gasteiger partial charge in [0.1, 0.15) is 0 Å². The Morgan fingerprint density at radius 3 is 2.38 bits per heavy atom. The van der Waals surface area contributed by atoms with Gasteiger partial charge in [0.25, 0.3) is 0 Å². The fourth-order valence-electron chi connectivity index (χ4n) is 4.40. The van der Waals surface area contributed by atoms with Crippen LogP contribution in [0.1, 0.15) is 39.5 Å². The van der Waals surface area contributed by atoms with Gasteiger partial charge in [-0.15, -0.1) is 0 Å². The molecule has 5 unspecified atom stereocenters. The molecule has 5 atom stereocenters. The zero-order valence-corrected chi connectivity index (χ0v) is 10.8. The van der Waals surface area contributed by atoms with Crippen molar-refractivity contribution in [1.29, 1.82) is 0 Å². The molecular formula is C14H26N2. The fraction of sp³-hybridized carbons (Fsp3) is 1.00. The predicted molar refractivity (Wildman–Crippen MR) is 67.4 cm³/mol. The third kappa shape index (κ3) is 1.91. The van der Waals surface area contributed by atoms with Gasteiger partial charge in [-0.2, -0.15) is 0 Å². The summed E-state index contributed by atoms with van der Waals surface area (Å²) in [6.07, 6.45) is 6.16. The molecule has 0 spiro atoms. The second-order valence-electron chi connectivity index (χ2n) is 6.49. The van der Waals surface area contributed by atoms with Crippen molar-refractivity contribution in [3.63, 3.8) is 0 Å². The summed E-state index contributed by atoms with van der Waals surface area (Å²) in [4.78, 5) is 2.77. The van der Waals surface area contributed by atoms with Crippen molar-refractivity contribution >= 4 is 0 Å². The molecular weight excluding hydrogens is 196 g/mol. The van der Waals surface area contributed by atoms with Crippen molar-refractivity contribution in [3.05, 3.63) is 0 Å². The number of nitrogens with one attached hydrogen (secondary N) is 1. The minimum Gasteiger partial charge on any atom is -0.314 e. The highest BCUT2D eigenvalue weighted by Crippen LogP contribution is 2.48. The van der Waals surface area contributed by atoms with E-state index in [2.05, 4.69) is 24.1 Å². The van der Waals surface area contributed by atoms with E-state index in [0.717, 1.165) is 29.8 Å². The molecule has 0 amide bonds. The highest BCUT2D eigenvalue weighted by molar-refractivity contribution is 4.93. The molecule has 16 heavy (non-hydrogen) atoms. The largest absolute Gasteiger partial charge is 0.314 e. The second-order valence-corrected chi connectivity index (χ2v) is 6.49. The highest BCUT2D eigenvalue weighted by atomic mass is 15.2. The summed E-state index contributed by atoms with van der Waals surface area (Å²) in [6.45, 7) is 8.52. The molecule has 2 nitrogen and oxygen atoms in total. The summed E-state index contributed by atoms with van der Waals surface area (Å²) in [6, 6.07) is 1.48. The molecule has 2 aliphatic carbocycles. The van der Waals surface area contributed by atoms with E-state index in [0.29, 0.717) is 0 Å². The molecule has 0 aromatic rings. The minimum atomic E-state index is 0.739. The Labute approximate surface area is 99.8 Å². The van der Waals surface area contributed by atoms with Gasteiger partial charge in [-0.3, -0.25) is 4.90 Å². The maximum Gasteiger partial charge on any atom is 0.0195 e. The summed E-state index contributed by atoms with van der Waals surface area (Å²) in [5.41, 5.74) is 0. The molecule has 3 fully saturated rings. The number of piperazine rings is 1. The van der Waals surface area contributed by atoms with Gasteiger partial charge in [-0.05, 0) is 50.9 Å². The van der Waals surface area contributed by atoms with Crippen LogP contribution in [-0.4, -0.2) is 36.6 Å². The molecule has 1 N–H and O–H groups in total. The van der Waals surface area contributed by atoms with Crippen LogP contribution in [0.25, 0.3) is 0 Å². The van der Waals surface area contributed by atoms with Crippen LogP contribution in [0.3, 0.4) is 0 Å². The summed E-state index contributed by atoms with van der Waals surface area (Å²) in [5, 5.41) is 3.53. The Balaban J connectivity index is 1.60. The normalized spacial score (nSPS) is 48.8. The lowest BCUT2D eigenvalue weighted by Crippen LogP contribution is -2.56. The standard InChI is InChI=1S/C14H26N2/c1-10-7-15-8-11(2)16(10)9-14-6-12-3-4-13(14)5-12/h10-15H,3-9H2,1-2H3. The topological polar surface area (TPSA) is 15.3 Å². The van der Waals surface area contributed by atoms with E-state index in [1.807, 2.05) is 0 Å². The van der Waals surface area contributed by atoms with Gasteiger partial charge in [0.2, 0.25) is 0 Å². The predicted octanol–water partition coefficient (Wildman–Crippen LogP) is 2.10. The van der Waals surface area contributed by atoms with Crippen LogP contribution < -0.4 is 5.32 Å². The van der Waals surface area contributed by atoms with E-state index in [1.165, 1.54) is 38.9 Å². The molecule has 92 valence electrons. The molecule has 1 saturated heterocycles. The third-order valence-electron chi connectivity index (χ3n) is 5.34. The number of rotatable bonds is 2. The first kappa shape index (κ1) is 11.0. The van der Waals surface area contributed by atoms with Gasteiger partial charge in [0.15, 0.2) is 0 Å². The SMILES string of the molecule is CC1CNCC(C)N1CC1CC2CCC1C2. The molecule has 0 aromatic heterocycles. The van der Waals surface area contributed by atoms with Gasteiger partial charge >= 0.3 is 0 Å². The Hall–Kier alpha value is -0.0800. The Kier molecular flexibility index (Phi) is 2.97. The van der Waals surface area contributed by atoms with E-state index in [4.69, 9.17) is 0 Å². The van der Waals surface area contributed by atoms with Crippen LogP contribution in [0.15, 0.2) is 0 Å². The second kappa shape index (κ2) is 4.30. The lowest BCUT2D eigenvalue weighted by atomic mass is 9.87. The average Bonchev–Trinajstić information content (AvgIpc) is 2.85. The van der Waals surface area contributed by atoms with E-state index in [9.17, 15) is 0 Å². The van der Waals surface area contributed by atoms with Crippen molar-refractivity contribution in [2.45, 2.75) is 51.6 Å². The molecule has 2 saturated carbocycles. The van der Waals surface area contributed by atoms with E-state index in [-0.39, 0.29) is 0 Å². The molecule has 3 rings (SSSR count). The first-order chi connectivity index (χ1) is 7.74. The molecule has 1 aliphatic heterocycles. The van der Waals surface area contributed by atoms with Crippen LogP contribution in [0.5, 0.6) is 0 Å². The number of nitrogens with zero attached hydrogens (tertiary/aromatic N) is 1. The molecule has 0 aromatic carbocycles. The summed E-state index contributed by atoms with van der Waals surface area (Å²) in [5.74, 6) is 3.21. The number of hydrogen-bond acceptors (Lipinski definition) is 2. The van der Waals surface area contributed by atoms with Crippen LogP contribution in [0.2, 0.25) is 0 Å².